The predicted molar refractivity (Wildman–Crippen MR) is 171 cm³/mol. The number of hydrogen-bond acceptors (Lipinski definition) is 10. The molecule has 0 saturated carbocycles. The van der Waals surface area contributed by atoms with Crippen LogP contribution in [0.15, 0.2) is 100 Å². The monoisotopic (exact) mass is 635 g/mol. The van der Waals surface area contributed by atoms with E-state index in [9.17, 15) is 9.90 Å². The Balaban J connectivity index is 1.52. The zero-order valence-corrected chi connectivity index (χ0v) is 25.2. The van der Waals surface area contributed by atoms with Crippen molar-refractivity contribution in [2.45, 2.75) is 30.0 Å². The number of methoxy groups -OCH3 is 2. The average Bonchev–Trinajstić information content (AvgIpc) is 3.67. The number of rotatable bonds is 11. The third kappa shape index (κ3) is 5.65. The Morgan fingerprint density at radius 1 is 0.979 bits per heavy atom. The standard InChI is InChI=1S/C31H29N11O5/c1-45-21-12-8-19(9-13-21)31(18-6-4-3-5-7-18,20-10-14-22(46-2)15-11-20)38-30-36-27-25(28(44)37-30)34-17-42(27)29-26(43)24(39-41-33)23(47-29)16-35-40-32/h3-15,17,23-24,26,29,43H,16H2,1-2H3,(H2,36,37,38,44)/t23-,24-,26-,29-/m1/s1. The molecule has 16 nitrogen and oxygen atoms in total. The van der Waals surface area contributed by atoms with Crippen LogP contribution in [0.4, 0.5) is 5.95 Å². The maximum atomic E-state index is 13.5. The van der Waals surface area contributed by atoms with Gasteiger partial charge in [-0.15, -0.1) is 0 Å². The molecule has 2 aromatic heterocycles. The second kappa shape index (κ2) is 13.1. The van der Waals surface area contributed by atoms with Crippen molar-refractivity contribution >= 4 is 17.1 Å². The number of azide groups is 2. The van der Waals surface area contributed by atoms with Gasteiger partial charge in [-0.1, -0.05) is 64.8 Å². The zero-order valence-electron chi connectivity index (χ0n) is 25.2. The molecule has 47 heavy (non-hydrogen) atoms. The van der Waals surface area contributed by atoms with E-state index in [2.05, 4.69) is 35.3 Å². The van der Waals surface area contributed by atoms with Gasteiger partial charge < -0.3 is 24.6 Å². The molecule has 0 aliphatic carbocycles. The smallest absolute Gasteiger partial charge is 0.280 e. The minimum absolute atomic E-state index is 0.00983. The number of hydrogen-bond donors (Lipinski definition) is 3. The molecule has 3 heterocycles. The SMILES string of the molecule is COc1ccc(C(Nc2nc3c(ncn3[C@@H]3O[C@H](CN=[N+]=[N-])[C@@H](N=[N+]=[N-])[C@H]3O)c(=O)[nH]2)(c2ccccc2)c2ccc(OC)cc2)cc1. The van der Waals surface area contributed by atoms with Gasteiger partial charge in [0.05, 0.1) is 39.2 Å². The number of benzene rings is 3. The molecule has 0 amide bonds. The van der Waals surface area contributed by atoms with Gasteiger partial charge in [0.1, 0.15) is 23.1 Å². The van der Waals surface area contributed by atoms with E-state index >= 15 is 0 Å². The van der Waals surface area contributed by atoms with Crippen LogP contribution in [0.25, 0.3) is 32.0 Å². The van der Waals surface area contributed by atoms with Gasteiger partial charge in [-0.2, -0.15) is 4.98 Å². The van der Waals surface area contributed by atoms with Gasteiger partial charge in [-0.25, -0.2) is 4.98 Å². The summed E-state index contributed by atoms with van der Waals surface area (Å²) < 4.78 is 18.2. The summed E-state index contributed by atoms with van der Waals surface area (Å²) in [6.07, 6.45) is -2.12. The van der Waals surface area contributed by atoms with Crippen LogP contribution in [0.2, 0.25) is 0 Å². The van der Waals surface area contributed by atoms with Crippen LogP contribution in [-0.2, 0) is 10.3 Å². The van der Waals surface area contributed by atoms with Crippen LogP contribution in [0.3, 0.4) is 0 Å². The number of fused-ring (bicyclic) bond motifs is 1. The minimum Gasteiger partial charge on any atom is -0.497 e. The van der Waals surface area contributed by atoms with E-state index in [4.69, 9.17) is 30.3 Å². The Hall–Kier alpha value is -6.05. The molecule has 0 spiro atoms. The van der Waals surface area contributed by atoms with Crippen molar-refractivity contribution in [2.24, 2.45) is 10.2 Å². The summed E-state index contributed by atoms with van der Waals surface area (Å²) in [5.41, 5.74) is 18.8. The van der Waals surface area contributed by atoms with Gasteiger partial charge >= 0.3 is 0 Å². The highest BCUT2D eigenvalue weighted by Gasteiger charge is 2.45. The number of anilines is 1. The maximum Gasteiger partial charge on any atom is 0.280 e. The van der Waals surface area contributed by atoms with Gasteiger partial charge in [0.25, 0.3) is 5.56 Å². The number of imidazole rings is 1. The summed E-state index contributed by atoms with van der Waals surface area (Å²) >= 11 is 0. The van der Waals surface area contributed by atoms with Crippen molar-refractivity contribution in [3.63, 3.8) is 0 Å². The van der Waals surface area contributed by atoms with Crippen LogP contribution < -0.4 is 20.3 Å². The molecule has 3 N–H and O–H groups in total. The lowest BCUT2D eigenvalue weighted by molar-refractivity contribution is -0.0321. The molecule has 5 aromatic rings. The fourth-order valence-corrected chi connectivity index (χ4v) is 5.86. The topological polar surface area (TPSA) is 221 Å². The van der Waals surface area contributed by atoms with Crippen LogP contribution >= 0.6 is 0 Å². The van der Waals surface area contributed by atoms with E-state index in [0.29, 0.717) is 11.5 Å². The summed E-state index contributed by atoms with van der Waals surface area (Å²) in [5, 5.41) is 21.8. The summed E-state index contributed by atoms with van der Waals surface area (Å²) in [6, 6.07) is 23.7. The van der Waals surface area contributed by atoms with Crippen molar-refractivity contribution in [1.82, 2.24) is 19.5 Å². The molecular weight excluding hydrogens is 606 g/mol. The fourth-order valence-electron chi connectivity index (χ4n) is 5.86. The molecular formula is C31H29N11O5. The van der Waals surface area contributed by atoms with Gasteiger partial charge in [0, 0.05) is 9.82 Å². The third-order valence-electron chi connectivity index (χ3n) is 8.11. The fraction of sp³-hybridized carbons (Fsp3) is 0.258. The average molecular weight is 636 g/mol. The summed E-state index contributed by atoms with van der Waals surface area (Å²) in [5.74, 6) is 1.41. The molecule has 238 valence electrons. The van der Waals surface area contributed by atoms with Crippen molar-refractivity contribution in [3.05, 3.63) is 133 Å². The first-order chi connectivity index (χ1) is 22.9. The van der Waals surface area contributed by atoms with Crippen molar-refractivity contribution in [1.29, 1.82) is 0 Å². The molecule has 0 radical (unpaired) electrons. The molecule has 1 aliphatic rings. The summed E-state index contributed by atoms with van der Waals surface area (Å²) in [7, 11) is 3.18. The van der Waals surface area contributed by atoms with E-state index < -0.39 is 35.6 Å². The zero-order chi connectivity index (χ0) is 33.0. The second-order valence-corrected chi connectivity index (χ2v) is 10.6. The van der Waals surface area contributed by atoms with Crippen LogP contribution in [-0.4, -0.2) is 63.6 Å². The normalized spacial score (nSPS) is 19.0. The van der Waals surface area contributed by atoms with E-state index in [1.165, 1.54) is 10.9 Å². The van der Waals surface area contributed by atoms with Crippen LogP contribution in [0.5, 0.6) is 11.5 Å². The van der Waals surface area contributed by atoms with E-state index in [-0.39, 0.29) is 23.7 Å². The number of aliphatic hydroxyl groups excluding tert-OH is 1. The molecule has 4 atom stereocenters. The number of aliphatic hydroxyl groups is 1. The number of nitrogens with zero attached hydrogens (tertiary/aromatic N) is 9. The van der Waals surface area contributed by atoms with Gasteiger partial charge in [-0.3, -0.25) is 14.3 Å². The maximum absolute atomic E-state index is 13.5. The Bertz CT molecular complexity index is 1970. The first-order valence-corrected chi connectivity index (χ1v) is 14.4. The number of H-pyrrole nitrogens is 1. The lowest BCUT2D eigenvalue weighted by atomic mass is 9.77. The van der Waals surface area contributed by atoms with Crippen LogP contribution in [0.1, 0.15) is 22.9 Å². The highest BCUT2D eigenvalue weighted by atomic mass is 16.5. The molecule has 16 heteroatoms. The Kier molecular flexibility index (Phi) is 8.65. The minimum atomic E-state index is -1.36. The quantitative estimate of drug-likeness (QED) is 0.0790. The first kappa shape index (κ1) is 31.0. The molecule has 1 fully saturated rings. The molecule has 1 aliphatic heterocycles. The Labute approximate surface area is 266 Å². The summed E-state index contributed by atoms with van der Waals surface area (Å²) in [6.45, 7) is -0.190. The molecule has 0 bridgehead atoms. The van der Waals surface area contributed by atoms with Gasteiger partial charge in [0.15, 0.2) is 17.4 Å². The number of nitrogens with one attached hydrogen (secondary N) is 2. The highest BCUT2D eigenvalue weighted by molar-refractivity contribution is 5.71. The first-order valence-electron chi connectivity index (χ1n) is 14.4. The Morgan fingerprint density at radius 3 is 2.17 bits per heavy atom. The number of aromatic nitrogens is 4. The molecule has 6 rings (SSSR count). The van der Waals surface area contributed by atoms with E-state index in [1.54, 1.807) is 14.2 Å². The largest absolute Gasteiger partial charge is 0.497 e. The summed E-state index contributed by atoms with van der Waals surface area (Å²) in [4.78, 5) is 30.8. The number of ether oxygens (including phenoxy) is 3. The Morgan fingerprint density at radius 2 is 1.60 bits per heavy atom. The van der Waals surface area contributed by atoms with E-state index in [0.717, 1.165) is 16.7 Å². The van der Waals surface area contributed by atoms with Gasteiger partial charge in [0.2, 0.25) is 5.95 Å². The lowest BCUT2D eigenvalue weighted by Crippen LogP contribution is -2.39. The molecule has 3 aromatic carbocycles. The highest BCUT2D eigenvalue weighted by Crippen LogP contribution is 2.41. The van der Waals surface area contributed by atoms with Crippen molar-refractivity contribution in [3.8, 4) is 11.5 Å². The second-order valence-electron chi connectivity index (χ2n) is 10.6. The third-order valence-corrected chi connectivity index (χ3v) is 8.11. The van der Waals surface area contributed by atoms with Crippen molar-refractivity contribution in [2.75, 3.05) is 26.1 Å². The van der Waals surface area contributed by atoms with Gasteiger partial charge in [-0.05, 0) is 52.0 Å². The van der Waals surface area contributed by atoms with E-state index in [1.807, 2.05) is 78.9 Å². The van der Waals surface area contributed by atoms with Crippen LogP contribution in [0, 0.1) is 0 Å². The predicted octanol–water partition coefficient (Wildman–Crippen LogP) is 4.79. The molecule has 1 saturated heterocycles. The van der Waals surface area contributed by atoms with Crippen molar-refractivity contribution < 1.29 is 19.3 Å². The molecule has 0 unspecified atom stereocenters. The lowest BCUT2D eigenvalue weighted by Gasteiger charge is -2.37. The number of aromatic amines is 1.